The molecule has 0 saturated heterocycles. The van der Waals surface area contributed by atoms with Crippen molar-refractivity contribution in [2.75, 3.05) is 11.1 Å². The first-order chi connectivity index (χ1) is 14.9. The number of aromatic nitrogens is 3. The zero-order valence-electron chi connectivity index (χ0n) is 16.6. The number of hydrogen-bond acceptors (Lipinski definition) is 5. The van der Waals surface area contributed by atoms with Crippen molar-refractivity contribution >= 4 is 58.2 Å². The molecule has 0 aliphatic heterocycles. The molecule has 162 valence electrons. The van der Waals surface area contributed by atoms with Crippen molar-refractivity contribution in [1.82, 2.24) is 14.8 Å². The Kier molecular flexibility index (Phi) is 8.26. The molecule has 0 bridgehead atoms. The van der Waals surface area contributed by atoms with Crippen molar-refractivity contribution in [2.24, 2.45) is 0 Å². The van der Waals surface area contributed by atoms with Gasteiger partial charge in [0.2, 0.25) is 5.91 Å². The summed E-state index contributed by atoms with van der Waals surface area (Å²) in [5, 5.41) is 12.6. The second-order valence-corrected chi connectivity index (χ2v) is 8.65. The molecule has 0 radical (unpaired) electrons. The second-order valence-electron chi connectivity index (χ2n) is 6.48. The number of hydrogen-bond donors (Lipinski definition) is 1. The molecular weight excluding hydrogens is 479 g/mol. The summed E-state index contributed by atoms with van der Waals surface area (Å²) in [6.07, 6.45) is 1.73. The normalized spacial score (nSPS) is 10.7. The van der Waals surface area contributed by atoms with Crippen LogP contribution in [0.3, 0.4) is 0 Å². The molecule has 2 aromatic carbocycles. The monoisotopic (exact) mass is 496 g/mol. The van der Waals surface area contributed by atoms with Crippen molar-refractivity contribution in [1.29, 1.82) is 0 Å². The van der Waals surface area contributed by atoms with Gasteiger partial charge in [-0.3, -0.25) is 9.36 Å². The molecule has 6 nitrogen and oxygen atoms in total. The highest BCUT2D eigenvalue weighted by atomic mass is 35.5. The Balaban J connectivity index is 1.63. The minimum atomic E-state index is -0.268. The molecule has 0 spiro atoms. The topological polar surface area (TPSA) is 69.0 Å². The van der Waals surface area contributed by atoms with Gasteiger partial charge < -0.3 is 10.1 Å². The van der Waals surface area contributed by atoms with Crippen molar-refractivity contribution in [2.45, 2.75) is 25.2 Å². The summed E-state index contributed by atoms with van der Waals surface area (Å²) in [5.74, 6) is 1.21. The molecule has 0 aliphatic carbocycles. The van der Waals surface area contributed by atoms with E-state index in [1.807, 2.05) is 35.8 Å². The largest absolute Gasteiger partial charge is 0.486 e. The van der Waals surface area contributed by atoms with Crippen LogP contribution in [-0.2, 0) is 17.9 Å². The van der Waals surface area contributed by atoms with Crippen molar-refractivity contribution in [3.8, 4) is 5.75 Å². The zero-order chi connectivity index (χ0) is 22.4. The average molecular weight is 498 g/mol. The van der Waals surface area contributed by atoms with Gasteiger partial charge in [-0.25, -0.2) is 0 Å². The second kappa shape index (κ2) is 10.9. The molecule has 3 aromatic rings. The molecule has 0 saturated carbocycles. The Labute approximate surface area is 199 Å². The zero-order valence-corrected chi connectivity index (χ0v) is 19.7. The fourth-order valence-electron chi connectivity index (χ4n) is 2.56. The van der Waals surface area contributed by atoms with Crippen LogP contribution in [0, 0.1) is 6.92 Å². The van der Waals surface area contributed by atoms with Gasteiger partial charge in [0.1, 0.15) is 12.4 Å². The molecule has 1 amide bonds. The average Bonchev–Trinajstić information content (AvgIpc) is 3.12. The number of carbonyl (C=O) groups excluding carboxylic acids is 1. The van der Waals surface area contributed by atoms with Crippen LogP contribution < -0.4 is 10.1 Å². The van der Waals surface area contributed by atoms with Crippen molar-refractivity contribution in [3.63, 3.8) is 0 Å². The third kappa shape index (κ3) is 6.40. The van der Waals surface area contributed by atoms with Crippen molar-refractivity contribution in [3.05, 3.63) is 75.5 Å². The highest BCUT2D eigenvalue weighted by Crippen LogP contribution is 2.32. The van der Waals surface area contributed by atoms with Gasteiger partial charge >= 0.3 is 0 Å². The quantitative estimate of drug-likeness (QED) is 0.222. The number of aryl methyl sites for hydroxylation is 1. The number of halogens is 3. The summed E-state index contributed by atoms with van der Waals surface area (Å²) in [7, 11) is 0. The van der Waals surface area contributed by atoms with Crippen LogP contribution >= 0.6 is 46.6 Å². The number of benzene rings is 2. The first kappa shape index (κ1) is 23.5. The number of nitrogens with one attached hydrogen (secondary N) is 1. The molecule has 0 unspecified atom stereocenters. The molecule has 0 atom stereocenters. The smallest absolute Gasteiger partial charge is 0.234 e. The third-order valence-electron chi connectivity index (χ3n) is 4.11. The Morgan fingerprint density at radius 3 is 2.58 bits per heavy atom. The SMILES string of the molecule is C=CCn1c(COc2ccc(C)cc2)nnc1SCC(=O)Nc1cc(Cl)c(Cl)cc1Cl. The number of carbonyl (C=O) groups is 1. The van der Waals surface area contributed by atoms with E-state index in [1.54, 1.807) is 6.08 Å². The van der Waals surface area contributed by atoms with E-state index in [1.165, 1.54) is 23.9 Å². The lowest BCUT2D eigenvalue weighted by atomic mass is 10.2. The molecule has 31 heavy (non-hydrogen) atoms. The summed E-state index contributed by atoms with van der Waals surface area (Å²) in [6.45, 7) is 6.53. The number of thioether (sulfide) groups is 1. The van der Waals surface area contributed by atoms with Crippen LogP contribution in [-0.4, -0.2) is 26.4 Å². The van der Waals surface area contributed by atoms with E-state index in [4.69, 9.17) is 39.5 Å². The molecule has 1 heterocycles. The Morgan fingerprint density at radius 2 is 1.87 bits per heavy atom. The summed E-state index contributed by atoms with van der Waals surface area (Å²) in [5.41, 5.74) is 1.54. The summed E-state index contributed by atoms with van der Waals surface area (Å²) in [4.78, 5) is 12.4. The lowest BCUT2D eigenvalue weighted by Gasteiger charge is -2.10. The van der Waals surface area contributed by atoms with Gasteiger partial charge in [0, 0.05) is 6.54 Å². The number of rotatable bonds is 9. The fraction of sp³-hybridized carbons (Fsp3) is 0.190. The van der Waals surface area contributed by atoms with E-state index in [0.29, 0.717) is 38.3 Å². The fourth-order valence-corrected chi connectivity index (χ4v) is 3.92. The lowest BCUT2D eigenvalue weighted by Crippen LogP contribution is -2.15. The highest BCUT2D eigenvalue weighted by Gasteiger charge is 2.15. The van der Waals surface area contributed by atoms with Crippen LogP contribution in [0.4, 0.5) is 5.69 Å². The first-order valence-corrected chi connectivity index (χ1v) is 11.3. The molecule has 0 fully saturated rings. The summed E-state index contributed by atoms with van der Waals surface area (Å²) >= 11 is 19.3. The number of anilines is 1. The molecule has 10 heteroatoms. The summed E-state index contributed by atoms with van der Waals surface area (Å²) in [6, 6.07) is 10.7. The van der Waals surface area contributed by atoms with Gasteiger partial charge in [-0.15, -0.1) is 16.8 Å². The van der Waals surface area contributed by atoms with E-state index >= 15 is 0 Å². The van der Waals surface area contributed by atoms with E-state index in [0.717, 1.165) is 11.3 Å². The molecule has 1 aromatic heterocycles. The maximum atomic E-state index is 12.4. The van der Waals surface area contributed by atoms with E-state index in [2.05, 4.69) is 22.1 Å². The number of allylic oxidation sites excluding steroid dienone is 1. The Bertz CT molecular complexity index is 1090. The molecule has 1 N–H and O–H groups in total. The van der Waals surface area contributed by atoms with E-state index < -0.39 is 0 Å². The first-order valence-electron chi connectivity index (χ1n) is 9.17. The van der Waals surface area contributed by atoms with Gasteiger partial charge in [0.15, 0.2) is 11.0 Å². The van der Waals surface area contributed by atoms with Crippen molar-refractivity contribution < 1.29 is 9.53 Å². The van der Waals surface area contributed by atoms with Crippen LogP contribution in [0.2, 0.25) is 15.1 Å². The maximum absolute atomic E-state index is 12.4. The highest BCUT2D eigenvalue weighted by molar-refractivity contribution is 7.99. The standard InChI is InChI=1S/C21H19Cl3N4O2S/c1-3-8-28-19(11-30-14-6-4-13(2)5-7-14)26-27-21(28)31-12-20(29)25-18-10-16(23)15(22)9-17(18)24/h3-7,9-10H,1,8,11-12H2,2H3,(H,25,29). The van der Waals surface area contributed by atoms with Gasteiger partial charge in [0.05, 0.1) is 26.5 Å². The summed E-state index contributed by atoms with van der Waals surface area (Å²) < 4.78 is 7.65. The maximum Gasteiger partial charge on any atom is 0.234 e. The van der Waals surface area contributed by atoms with Crippen LogP contribution in [0.1, 0.15) is 11.4 Å². The minimum absolute atomic E-state index is 0.102. The van der Waals surface area contributed by atoms with Crippen LogP contribution in [0.15, 0.2) is 54.2 Å². The number of ether oxygens (including phenoxy) is 1. The number of amides is 1. The molecular formula is C21H19Cl3N4O2S. The van der Waals surface area contributed by atoms with Crippen LogP contribution in [0.25, 0.3) is 0 Å². The van der Waals surface area contributed by atoms with Gasteiger partial charge in [-0.05, 0) is 31.2 Å². The third-order valence-corrected chi connectivity index (χ3v) is 6.11. The Morgan fingerprint density at radius 1 is 1.16 bits per heavy atom. The van der Waals surface area contributed by atoms with Gasteiger partial charge in [-0.1, -0.05) is 70.3 Å². The molecule has 0 aliphatic rings. The van der Waals surface area contributed by atoms with Gasteiger partial charge in [0.25, 0.3) is 0 Å². The molecule has 3 rings (SSSR count). The van der Waals surface area contributed by atoms with Gasteiger partial charge in [-0.2, -0.15) is 0 Å². The lowest BCUT2D eigenvalue weighted by molar-refractivity contribution is -0.113. The number of nitrogens with zero attached hydrogens (tertiary/aromatic N) is 3. The van der Waals surface area contributed by atoms with E-state index in [9.17, 15) is 4.79 Å². The minimum Gasteiger partial charge on any atom is -0.486 e. The van der Waals surface area contributed by atoms with Crippen LogP contribution in [0.5, 0.6) is 5.75 Å². The Hall–Kier alpha value is -2.19. The predicted molar refractivity (Wildman–Crippen MR) is 127 cm³/mol. The predicted octanol–water partition coefficient (Wildman–Crippen LogP) is 6.04. The van der Waals surface area contributed by atoms with E-state index in [-0.39, 0.29) is 18.3 Å².